The number of benzene rings is 2. The molecule has 0 spiro atoms. The summed E-state index contributed by atoms with van der Waals surface area (Å²) in [6.45, 7) is 3.25. The molecule has 2 rings (SSSR count). The Morgan fingerprint density at radius 3 is 1.95 bits per heavy atom. The van der Waals surface area contributed by atoms with E-state index in [0.29, 0.717) is 0 Å². The van der Waals surface area contributed by atoms with Crippen LogP contribution in [0.15, 0.2) is 54.6 Å². The van der Waals surface area contributed by atoms with Crippen molar-refractivity contribution in [3.63, 3.8) is 0 Å². The van der Waals surface area contributed by atoms with Crippen LogP contribution in [0.2, 0.25) is 0 Å². The van der Waals surface area contributed by atoms with Gasteiger partial charge in [0.15, 0.2) is 0 Å². The van der Waals surface area contributed by atoms with Gasteiger partial charge in [0, 0.05) is 24.0 Å². The van der Waals surface area contributed by atoms with Gasteiger partial charge in [-0.3, -0.25) is 9.59 Å². The maximum atomic E-state index is 12.1. The maximum absolute atomic E-state index is 12.1. The Bertz CT molecular complexity index is 639. The Labute approximate surface area is 129 Å². The predicted molar refractivity (Wildman–Crippen MR) is 88.9 cm³/mol. The number of carbonyl (C=O) groups is 2. The molecule has 5 nitrogen and oxygen atoms in total. The summed E-state index contributed by atoms with van der Waals surface area (Å²) in [4.78, 5) is 23.1. The highest BCUT2D eigenvalue weighted by atomic mass is 16.2. The number of hydrogen-bond acceptors (Lipinski definition) is 3. The maximum Gasteiger partial charge on any atom is 0.246 e. The van der Waals surface area contributed by atoms with Crippen LogP contribution in [0.1, 0.15) is 13.8 Å². The minimum atomic E-state index is -0.383. The second kappa shape index (κ2) is 7.26. The van der Waals surface area contributed by atoms with Gasteiger partial charge in [0.1, 0.15) is 6.04 Å². The van der Waals surface area contributed by atoms with Gasteiger partial charge >= 0.3 is 0 Å². The van der Waals surface area contributed by atoms with E-state index in [-0.39, 0.29) is 17.9 Å². The summed E-state index contributed by atoms with van der Waals surface area (Å²) in [5, 5.41) is 8.65. The van der Waals surface area contributed by atoms with E-state index in [1.54, 1.807) is 19.1 Å². The second-order valence-corrected chi connectivity index (χ2v) is 4.98. The summed E-state index contributed by atoms with van der Waals surface area (Å²) in [5.74, 6) is -0.228. The van der Waals surface area contributed by atoms with Crippen LogP contribution in [-0.2, 0) is 9.59 Å². The molecule has 0 aromatic heterocycles. The van der Waals surface area contributed by atoms with Crippen LogP contribution in [0.3, 0.4) is 0 Å². The SMILES string of the molecule is CC(=O)Nc1ccc(N[C@H](C)C(=O)Nc2ccccc2)cc1. The third-order valence-electron chi connectivity index (χ3n) is 3.02. The lowest BCUT2D eigenvalue weighted by molar-refractivity contribution is -0.116. The molecule has 2 aromatic rings. The van der Waals surface area contributed by atoms with Gasteiger partial charge in [0.25, 0.3) is 0 Å². The molecule has 0 saturated carbocycles. The second-order valence-electron chi connectivity index (χ2n) is 4.98. The fourth-order valence-electron chi connectivity index (χ4n) is 1.94. The van der Waals surface area contributed by atoms with Crippen molar-refractivity contribution in [2.24, 2.45) is 0 Å². The Morgan fingerprint density at radius 2 is 1.36 bits per heavy atom. The summed E-state index contributed by atoms with van der Waals surface area (Å²) < 4.78 is 0. The molecule has 2 amide bonds. The molecule has 0 radical (unpaired) electrons. The molecule has 0 unspecified atom stereocenters. The molecule has 0 aliphatic carbocycles. The summed E-state index contributed by atoms with van der Waals surface area (Å²) in [6, 6.07) is 16.1. The van der Waals surface area contributed by atoms with Gasteiger partial charge < -0.3 is 16.0 Å². The largest absolute Gasteiger partial charge is 0.374 e. The van der Waals surface area contributed by atoms with E-state index < -0.39 is 0 Å². The zero-order valence-corrected chi connectivity index (χ0v) is 12.6. The van der Waals surface area contributed by atoms with E-state index in [0.717, 1.165) is 17.1 Å². The van der Waals surface area contributed by atoms with Gasteiger partial charge in [-0.15, -0.1) is 0 Å². The Balaban J connectivity index is 1.92. The molecular weight excluding hydrogens is 278 g/mol. The minimum absolute atomic E-state index is 0.114. The van der Waals surface area contributed by atoms with Gasteiger partial charge in [-0.1, -0.05) is 18.2 Å². The fourth-order valence-corrected chi connectivity index (χ4v) is 1.94. The fraction of sp³-hybridized carbons (Fsp3) is 0.176. The monoisotopic (exact) mass is 297 g/mol. The minimum Gasteiger partial charge on any atom is -0.374 e. The van der Waals surface area contributed by atoms with Crippen molar-refractivity contribution in [1.82, 2.24) is 0 Å². The zero-order valence-electron chi connectivity index (χ0n) is 12.6. The first-order chi connectivity index (χ1) is 10.5. The molecule has 114 valence electrons. The number of para-hydroxylation sites is 1. The van der Waals surface area contributed by atoms with Crippen molar-refractivity contribution in [2.45, 2.75) is 19.9 Å². The third-order valence-corrected chi connectivity index (χ3v) is 3.02. The highest BCUT2D eigenvalue weighted by Crippen LogP contribution is 2.15. The Morgan fingerprint density at radius 1 is 0.818 bits per heavy atom. The zero-order chi connectivity index (χ0) is 15.9. The van der Waals surface area contributed by atoms with Crippen molar-refractivity contribution >= 4 is 28.9 Å². The summed E-state index contributed by atoms with van der Waals surface area (Å²) in [6.07, 6.45) is 0. The molecule has 5 heteroatoms. The van der Waals surface area contributed by atoms with Crippen molar-refractivity contribution in [1.29, 1.82) is 0 Å². The van der Waals surface area contributed by atoms with E-state index in [2.05, 4.69) is 16.0 Å². The van der Waals surface area contributed by atoms with Crippen LogP contribution >= 0.6 is 0 Å². The first-order valence-electron chi connectivity index (χ1n) is 7.04. The number of amides is 2. The van der Waals surface area contributed by atoms with Gasteiger partial charge in [-0.2, -0.15) is 0 Å². The molecule has 0 aliphatic heterocycles. The van der Waals surface area contributed by atoms with Gasteiger partial charge in [0.05, 0.1) is 0 Å². The molecule has 0 heterocycles. The van der Waals surface area contributed by atoms with Crippen LogP contribution < -0.4 is 16.0 Å². The number of hydrogen-bond donors (Lipinski definition) is 3. The predicted octanol–water partition coefficient (Wildman–Crippen LogP) is 3.08. The van der Waals surface area contributed by atoms with Gasteiger partial charge in [0.2, 0.25) is 11.8 Å². The number of nitrogens with one attached hydrogen (secondary N) is 3. The first-order valence-corrected chi connectivity index (χ1v) is 7.04. The van der Waals surface area contributed by atoms with Crippen LogP contribution in [0.4, 0.5) is 17.1 Å². The van der Waals surface area contributed by atoms with Gasteiger partial charge in [-0.05, 0) is 43.3 Å². The normalized spacial score (nSPS) is 11.4. The summed E-state index contributed by atoms with van der Waals surface area (Å²) in [7, 11) is 0. The topological polar surface area (TPSA) is 70.2 Å². The Hall–Kier alpha value is -2.82. The molecule has 2 aromatic carbocycles. The van der Waals surface area contributed by atoms with Crippen LogP contribution in [-0.4, -0.2) is 17.9 Å². The van der Waals surface area contributed by atoms with Crippen LogP contribution in [0.5, 0.6) is 0 Å². The highest BCUT2D eigenvalue weighted by molar-refractivity contribution is 5.96. The molecular formula is C17H19N3O2. The molecule has 3 N–H and O–H groups in total. The first kappa shape index (κ1) is 15.6. The number of anilines is 3. The molecule has 0 bridgehead atoms. The van der Waals surface area contributed by atoms with E-state index in [1.165, 1.54) is 6.92 Å². The van der Waals surface area contributed by atoms with Crippen LogP contribution in [0, 0.1) is 0 Å². The molecule has 22 heavy (non-hydrogen) atoms. The Kier molecular flexibility index (Phi) is 5.14. The van der Waals surface area contributed by atoms with Crippen molar-refractivity contribution in [3.05, 3.63) is 54.6 Å². The van der Waals surface area contributed by atoms with Crippen LogP contribution in [0.25, 0.3) is 0 Å². The van der Waals surface area contributed by atoms with Crippen molar-refractivity contribution < 1.29 is 9.59 Å². The van der Waals surface area contributed by atoms with E-state index >= 15 is 0 Å². The quantitative estimate of drug-likeness (QED) is 0.794. The summed E-state index contributed by atoms with van der Waals surface area (Å²) >= 11 is 0. The van der Waals surface area contributed by atoms with E-state index in [9.17, 15) is 9.59 Å². The van der Waals surface area contributed by atoms with E-state index in [4.69, 9.17) is 0 Å². The molecule has 0 aliphatic rings. The molecule has 1 atom stereocenters. The third kappa shape index (κ3) is 4.63. The average molecular weight is 297 g/mol. The number of rotatable bonds is 5. The lowest BCUT2D eigenvalue weighted by atomic mass is 10.2. The van der Waals surface area contributed by atoms with Crippen molar-refractivity contribution in [2.75, 3.05) is 16.0 Å². The average Bonchev–Trinajstić information content (AvgIpc) is 2.49. The number of carbonyl (C=O) groups excluding carboxylic acids is 2. The molecule has 0 fully saturated rings. The smallest absolute Gasteiger partial charge is 0.246 e. The molecule has 0 saturated heterocycles. The lowest BCUT2D eigenvalue weighted by Gasteiger charge is -2.15. The standard InChI is InChI=1S/C17H19N3O2/c1-12(17(22)20-14-6-4-3-5-7-14)18-15-8-10-16(11-9-15)19-13(2)21/h3-12,18H,1-2H3,(H,19,21)(H,20,22)/t12-/m1/s1. The van der Waals surface area contributed by atoms with Crippen molar-refractivity contribution in [3.8, 4) is 0 Å². The highest BCUT2D eigenvalue weighted by Gasteiger charge is 2.12. The summed E-state index contributed by atoms with van der Waals surface area (Å²) in [5.41, 5.74) is 2.30. The lowest BCUT2D eigenvalue weighted by Crippen LogP contribution is -2.31. The van der Waals surface area contributed by atoms with Gasteiger partial charge in [-0.25, -0.2) is 0 Å². The van der Waals surface area contributed by atoms with E-state index in [1.807, 2.05) is 42.5 Å².